The molecule has 0 aliphatic rings. The smallest absolute Gasteiger partial charge is 0.190 e. The largest absolute Gasteiger partial charge is 0.330 e. The van der Waals surface area contributed by atoms with Crippen LogP contribution < -0.4 is 5.73 Å². The SMILES string of the molecule is CCCCCCCCCC(Cl)(Cl)Cl.CCCCCCN. The summed E-state index contributed by atoms with van der Waals surface area (Å²) in [6, 6.07) is 0. The van der Waals surface area contributed by atoms with Gasteiger partial charge in [-0.2, -0.15) is 0 Å². The average Bonchev–Trinajstić information content (AvgIpc) is 2.38. The van der Waals surface area contributed by atoms with Crippen molar-refractivity contribution in [3.63, 3.8) is 0 Å². The molecule has 2 N–H and O–H groups in total. The van der Waals surface area contributed by atoms with Crippen molar-refractivity contribution in [1.29, 1.82) is 0 Å². The van der Waals surface area contributed by atoms with Gasteiger partial charge in [0, 0.05) is 0 Å². The van der Waals surface area contributed by atoms with E-state index in [1.54, 1.807) is 0 Å². The molecule has 0 rings (SSSR count). The predicted molar refractivity (Wildman–Crippen MR) is 96.1 cm³/mol. The lowest BCUT2D eigenvalue weighted by Gasteiger charge is -2.09. The van der Waals surface area contributed by atoms with E-state index in [1.165, 1.54) is 64.2 Å². The molecule has 0 aromatic heterocycles. The third kappa shape index (κ3) is 27.2. The molecule has 4 heteroatoms. The second-order valence-corrected chi connectivity index (χ2v) is 7.85. The molecule has 0 aromatic carbocycles. The highest BCUT2D eigenvalue weighted by Gasteiger charge is 2.17. The molecule has 0 saturated heterocycles. The van der Waals surface area contributed by atoms with Crippen molar-refractivity contribution in [3.05, 3.63) is 0 Å². The fraction of sp³-hybridized carbons (Fsp3) is 1.00. The predicted octanol–water partition coefficient (Wildman–Crippen LogP) is 7.02. The second kappa shape index (κ2) is 17.9. The Morgan fingerprint density at radius 1 is 0.650 bits per heavy atom. The van der Waals surface area contributed by atoms with E-state index in [0.29, 0.717) is 6.42 Å². The van der Waals surface area contributed by atoms with Crippen molar-refractivity contribution in [3.8, 4) is 0 Å². The first kappa shape index (κ1) is 23.1. The molecule has 20 heavy (non-hydrogen) atoms. The number of halogens is 3. The van der Waals surface area contributed by atoms with Crippen LogP contribution in [0.2, 0.25) is 0 Å². The van der Waals surface area contributed by atoms with E-state index in [1.807, 2.05) is 0 Å². The van der Waals surface area contributed by atoms with E-state index < -0.39 is 3.79 Å². The minimum Gasteiger partial charge on any atom is -0.330 e. The maximum atomic E-state index is 5.63. The van der Waals surface area contributed by atoms with Gasteiger partial charge < -0.3 is 5.73 Å². The highest BCUT2D eigenvalue weighted by molar-refractivity contribution is 6.67. The molecular formula is C16H34Cl3N. The van der Waals surface area contributed by atoms with E-state index in [-0.39, 0.29) is 0 Å². The number of hydrogen-bond acceptors (Lipinski definition) is 1. The van der Waals surface area contributed by atoms with Gasteiger partial charge in [-0.25, -0.2) is 0 Å². The van der Waals surface area contributed by atoms with E-state index in [0.717, 1.165) is 13.0 Å². The number of nitrogens with two attached hydrogens (primary N) is 1. The quantitative estimate of drug-likeness (QED) is 0.315. The minimum absolute atomic E-state index is 0.686. The van der Waals surface area contributed by atoms with Gasteiger partial charge in [-0.1, -0.05) is 106 Å². The lowest BCUT2D eigenvalue weighted by molar-refractivity contribution is 0.578. The van der Waals surface area contributed by atoms with Crippen LogP contribution in [0, 0.1) is 0 Å². The summed E-state index contributed by atoms with van der Waals surface area (Å²) in [4.78, 5) is 0. The standard InChI is InChI=1S/C10H19Cl3.C6H15N/c1-2-3-4-5-6-7-8-9-10(11,12)13;1-2-3-4-5-6-7/h2-9H2,1H3;2-7H2,1H3. The van der Waals surface area contributed by atoms with Gasteiger partial charge in [0.25, 0.3) is 0 Å². The Balaban J connectivity index is 0. The summed E-state index contributed by atoms with van der Waals surface area (Å²) in [5, 5.41) is 0. The van der Waals surface area contributed by atoms with Crippen molar-refractivity contribution in [2.75, 3.05) is 6.54 Å². The van der Waals surface area contributed by atoms with Crippen LogP contribution in [0.15, 0.2) is 0 Å². The molecule has 0 aliphatic heterocycles. The van der Waals surface area contributed by atoms with Crippen LogP contribution in [0.1, 0.15) is 90.9 Å². The van der Waals surface area contributed by atoms with Gasteiger partial charge in [-0.15, -0.1) is 0 Å². The maximum Gasteiger partial charge on any atom is 0.190 e. The molecular weight excluding hydrogens is 313 g/mol. The topological polar surface area (TPSA) is 26.0 Å². The van der Waals surface area contributed by atoms with Crippen LogP contribution in [-0.4, -0.2) is 10.3 Å². The number of hydrogen-bond donors (Lipinski definition) is 1. The lowest BCUT2D eigenvalue weighted by atomic mass is 10.1. The van der Waals surface area contributed by atoms with Gasteiger partial charge >= 0.3 is 0 Å². The fourth-order valence-corrected chi connectivity index (χ4v) is 2.25. The fourth-order valence-electron chi connectivity index (χ4n) is 1.85. The van der Waals surface area contributed by atoms with Crippen LogP contribution in [-0.2, 0) is 0 Å². The van der Waals surface area contributed by atoms with Gasteiger partial charge in [-0.3, -0.25) is 0 Å². The zero-order valence-electron chi connectivity index (χ0n) is 13.4. The van der Waals surface area contributed by atoms with E-state index in [4.69, 9.17) is 40.5 Å². The first-order valence-corrected chi connectivity index (χ1v) is 9.38. The summed E-state index contributed by atoms with van der Waals surface area (Å²) in [7, 11) is 0. The van der Waals surface area contributed by atoms with Gasteiger partial charge in [-0.05, 0) is 25.8 Å². The van der Waals surface area contributed by atoms with Gasteiger partial charge in [0.05, 0.1) is 0 Å². The molecule has 0 atom stereocenters. The van der Waals surface area contributed by atoms with Crippen LogP contribution in [0.25, 0.3) is 0 Å². The Morgan fingerprint density at radius 2 is 1.05 bits per heavy atom. The lowest BCUT2D eigenvalue weighted by Crippen LogP contribution is -2.00. The van der Waals surface area contributed by atoms with Crippen LogP contribution in [0.5, 0.6) is 0 Å². The zero-order valence-corrected chi connectivity index (χ0v) is 15.7. The second-order valence-electron chi connectivity index (χ2n) is 5.34. The molecule has 0 amide bonds. The van der Waals surface area contributed by atoms with Crippen molar-refractivity contribution in [2.24, 2.45) is 5.73 Å². The Hall–Kier alpha value is 0.830. The number of unbranched alkanes of at least 4 members (excludes halogenated alkanes) is 9. The van der Waals surface area contributed by atoms with Crippen molar-refractivity contribution in [2.45, 2.75) is 94.7 Å². The third-order valence-electron chi connectivity index (χ3n) is 3.12. The highest BCUT2D eigenvalue weighted by atomic mass is 35.6. The van der Waals surface area contributed by atoms with Crippen molar-refractivity contribution in [1.82, 2.24) is 0 Å². The third-order valence-corrected chi connectivity index (χ3v) is 3.69. The summed E-state index contributed by atoms with van der Waals surface area (Å²) in [5.41, 5.74) is 5.27. The van der Waals surface area contributed by atoms with Crippen molar-refractivity contribution >= 4 is 34.8 Å². The Bertz CT molecular complexity index is 166. The maximum absolute atomic E-state index is 5.63. The monoisotopic (exact) mass is 345 g/mol. The Labute approximate surface area is 141 Å². The Kier molecular flexibility index (Phi) is 20.7. The molecule has 0 aromatic rings. The average molecular weight is 347 g/mol. The van der Waals surface area contributed by atoms with Crippen LogP contribution >= 0.6 is 34.8 Å². The first-order chi connectivity index (χ1) is 9.47. The first-order valence-electron chi connectivity index (χ1n) is 8.24. The molecule has 124 valence electrons. The molecule has 0 heterocycles. The van der Waals surface area contributed by atoms with E-state index in [9.17, 15) is 0 Å². The molecule has 0 fully saturated rings. The molecule has 0 saturated carbocycles. The summed E-state index contributed by atoms with van der Waals surface area (Å²) in [6.45, 7) is 5.29. The number of rotatable bonds is 11. The highest BCUT2D eigenvalue weighted by Crippen LogP contribution is 2.32. The van der Waals surface area contributed by atoms with Gasteiger partial charge in [0.15, 0.2) is 3.79 Å². The van der Waals surface area contributed by atoms with Crippen LogP contribution in [0.3, 0.4) is 0 Å². The molecule has 0 aliphatic carbocycles. The summed E-state index contributed by atoms with van der Waals surface area (Å²) >= 11 is 16.9. The molecule has 1 nitrogen and oxygen atoms in total. The van der Waals surface area contributed by atoms with Gasteiger partial charge in [0.2, 0.25) is 0 Å². The zero-order chi connectivity index (χ0) is 15.7. The Morgan fingerprint density at radius 3 is 1.45 bits per heavy atom. The minimum atomic E-state index is -1.04. The van der Waals surface area contributed by atoms with E-state index in [2.05, 4.69) is 13.8 Å². The van der Waals surface area contributed by atoms with Crippen LogP contribution in [0.4, 0.5) is 0 Å². The molecule has 0 spiro atoms. The van der Waals surface area contributed by atoms with Gasteiger partial charge in [0.1, 0.15) is 0 Å². The molecule has 0 radical (unpaired) electrons. The summed E-state index contributed by atoms with van der Waals surface area (Å²) in [5.74, 6) is 0. The molecule has 0 bridgehead atoms. The normalized spacial score (nSPS) is 11.1. The number of alkyl halides is 3. The summed E-state index contributed by atoms with van der Waals surface area (Å²) in [6.07, 6.45) is 14.7. The van der Waals surface area contributed by atoms with E-state index >= 15 is 0 Å². The van der Waals surface area contributed by atoms with Crippen molar-refractivity contribution < 1.29 is 0 Å². The summed E-state index contributed by atoms with van der Waals surface area (Å²) < 4.78 is -1.04. The molecule has 0 unspecified atom stereocenters.